The van der Waals surface area contributed by atoms with Crippen LogP contribution in [0.2, 0.25) is 0 Å². The van der Waals surface area contributed by atoms with Crippen LogP contribution in [0.1, 0.15) is 49.5 Å². The molecule has 27 heavy (non-hydrogen) atoms. The third kappa shape index (κ3) is 5.17. The van der Waals surface area contributed by atoms with Crippen LogP contribution < -0.4 is 5.32 Å². The lowest BCUT2D eigenvalue weighted by Crippen LogP contribution is -2.44. The van der Waals surface area contributed by atoms with Gasteiger partial charge < -0.3 is 10.4 Å². The third-order valence-corrected chi connectivity index (χ3v) is 5.54. The van der Waals surface area contributed by atoms with E-state index < -0.39 is 6.10 Å². The van der Waals surface area contributed by atoms with Crippen LogP contribution in [0.3, 0.4) is 0 Å². The number of rotatable bonds is 7. The molecule has 3 rings (SSSR count). The molecule has 1 aromatic carbocycles. The normalized spacial score (nSPS) is 16.4. The molecule has 0 radical (unpaired) electrons. The number of amides is 1. The van der Waals surface area contributed by atoms with Gasteiger partial charge in [-0.3, -0.25) is 14.4 Å². The van der Waals surface area contributed by atoms with Gasteiger partial charge in [-0.1, -0.05) is 49.6 Å². The number of aryl methyl sites for hydroxylation is 1. The molecule has 0 saturated heterocycles. The van der Waals surface area contributed by atoms with Gasteiger partial charge in [-0.05, 0) is 25.3 Å². The standard InChI is InChI=1S/C21H30N4O2/c1-16-19(13-22-24(16)2)23-21(27)15-25(18-11-7-4-8-12-18)14-20(26)17-9-5-3-6-10-17/h3,5-6,9-10,13,18,20,26H,4,7-8,11-12,14-15H2,1-2H3,(H,23,27)/t20-/m0/s1. The first-order valence-electron chi connectivity index (χ1n) is 9.80. The van der Waals surface area contributed by atoms with Crippen LogP contribution in [0, 0.1) is 6.92 Å². The number of aliphatic hydroxyl groups is 1. The van der Waals surface area contributed by atoms with E-state index >= 15 is 0 Å². The smallest absolute Gasteiger partial charge is 0.238 e. The average Bonchev–Trinajstić information content (AvgIpc) is 3.01. The zero-order chi connectivity index (χ0) is 19.2. The van der Waals surface area contributed by atoms with E-state index in [0.29, 0.717) is 12.6 Å². The van der Waals surface area contributed by atoms with E-state index in [1.54, 1.807) is 10.9 Å². The molecule has 1 atom stereocenters. The molecule has 6 nitrogen and oxygen atoms in total. The summed E-state index contributed by atoms with van der Waals surface area (Å²) in [6.45, 7) is 2.68. The van der Waals surface area contributed by atoms with Gasteiger partial charge in [0.1, 0.15) is 0 Å². The van der Waals surface area contributed by atoms with E-state index in [-0.39, 0.29) is 12.5 Å². The van der Waals surface area contributed by atoms with Gasteiger partial charge in [0.15, 0.2) is 0 Å². The Labute approximate surface area is 161 Å². The summed E-state index contributed by atoms with van der Waals surface area (Å²) in [7, 11) is 1.86. The van der Waals surface area contributed by atoms with E-state index in [2.05, 4.69) is 15.3 Å². The Morgan fingerprint density at radius 1 is 1.30 bits per heavy atom. The summed E-state index contributed by atoms with van der Waals surface area (Å²) in [5, 5.41) is 17.8. The van der Waals surface area contributed by atoms with Crippen LogP contribution in [0.15, 0.2) is 36.5 Å². The average molecular weight is 370 g/mol. The fourth-order valence-corrected chi connectivity index (χ4v) is 3.79. The van der Waals surface area contributed by atoms with E-state index in [1.807, 2.05) is 44.3 Å². The number of nitrogens with one attached hydrogen (secondary N) is 1. The Bertz CT molecular complexity index is 738. The van der Waals surface area contributed by atoms with E-state index in [4.69, 9.17) is 0 Å². The van der Waals surface area contributed by atoms with Gasteiger partial charge in [-0.25, -0.2) is 0 Å². The first-order chi connectivity index (χ1) is 13.0. The predicted octanol–water partition coefficient (Wildman–Crippen LogP) is 3.04. The number of hydrogen-bond acceptors (Lipinski definition) is 4. The van der Waals surface area contributed by atoms with Crippen molar-refractivity contribution in [2.45, 2.75) is 51.2 Å². The van der Waals surface area contributed by atoms with Crippen molar-refractivity contribution >= 4 is 11.6 Å². The molecule has 6 heteroatoms. The molecule has 1 amide bonds. The summed E-state index contributed by atoms with van der Waals surface area (Å²) in [6.07, 6.45) is 6.88. The maximum atomic E-state index is 12.7. The highest BCUT2D eigenvalue weighted by molar-refractivity contribution is 5.92. The second-order valence-corrected chi connectivity index (χ2v) is 7.46. The van der Waals surface area contributed by atoms with Crippen molar-refractivity contribution in [1.29, 1.82) is 0 Å². The van der Waals surface area contributed by atoms with Crippen LogP contribution in [0.4, 0.5) is 5.69 Å². The molecule has 0 spiro atoms. The molecule has 0 unspecified atom stereocenters. The minimum absolute atomic E-state index is 0.0584. The lowest BCUT2D eigenvalue weighted by atomic mass is 9.93. The number of aromatic nitrogens is 2. The molecular formula is C21H30N4O2. The number of carbonyl (C=O) groups is 1. The van der Waals surface area contributed by atoms with Crippen molar-refractivity contribution in [3.63, 3.8) is 0 Å². The zero-order valence-electron chi connectivity index (χ0n) is 16.3. The highest BCUT2D eigenvalue weighted by Gasteiger charge is 2.26. The molecule has 1 aliphatic rings. The summed E-state index contributed by atoms with van der Waals surface area (Å²) in [4.78, 5) is 14.8. The zero-order valence-corrected chi connectivity index (χ0v) is 16.3. The Morgan fingerprint density at radius 2 is 2.00 bits per heavy atom. The maximum Gasteiger partial charge on any atom is 0.238 e. The van der Waals surface area contributed by atoms with Crippen molar-refractivity contribution in [2.75, 3.05) is 18.4 Å². The number of benzene rings is 1. The van der Waals surface area contributed by atoms with Crippen molar-refractivity contribution in [2.24, 2.45) is 7.05 Å². The number of anilines is 1. The summed E-state index contributed by atoms with van der Waals surface area (Å²) in [5.74, 6) is -0.0584. The number of nitrogens with zero attached hydrogens (tertiary/aromatic N) is 3. The molecule has 1 heterocycles. The monoisotopic (exact) mass is 370 g/mol. The van der Waals surface area contributed by atoms with Gasteiger partial charge in [-0.15, -0.1) is 0 Å². The SMILES string of the molecule is Cc1c(NC(=O)CN(C[C@H](O)c2ccccc2)C2CCCCC2)cnn1C. The minimum Gasteiger partial charge on any atom is -0.387 e. The third-order valence-electron chi connectivity index (χ3n) is 5.54. The fourth-order valence-electron chi connectivity index (χ4n) is 3.79. The van der Waals surface area contributed by atoms with Crippen LogP contribution in [-0.2, 0) is 11.8 Å². The van der Waals surface area contributed by atoms with Gasteiger partial charge in [-0.2, -0.15) is 5.10 Å². The van der Waals surface area contributed by atoms with Gasteiger partial charge in [0.05, 0.1) is 30.2 Å². The summed E-state index contributed by atoms with van der Waals surface area (Å²) < 4.78 is 1.74. The van der Waals surface area contributed by atoms with Crippen LogP contribution in [0.5, 0.6) is 0 Å². The number of aliphatic hydroxyl groups excluding tert-OH is 1. The molecule has 2 N–H and O–H groups in total. The topological polar surface area (TPSA) is 70.4 Å². The van der Waals surface area contributed by atoms with Gasteiger partial charge in [0, 0.05) is 19.6 Å². The van der Waals surface area contributed by atoms with Crippen molar-refractivity contribution in [1.82, 2.24) is 14.7 Å². The van der Waals surface area contributed by atoms with Gasteiger partial charge in [0.25, 0.3) is 0 Å². The lowest BCUT2D eigenvalue weighted by molar-refractivity contribution is -0.118. The Balaban J connectivity index is 1.67. The highest BCUT2D eigenvalue weighted by atomic mass is 16.3. The number of hydrogen-bond donors (Lipinski definition) is 2. The van der Waals surface area contributed by atoms with Crippen molar-refractivity contribution < 1.29 is 9.90 Å². The van der Waals surface area contributed by atoms with Gasteiger partial charge in [0.2, 0.25) is 5.91 Å². The second kappa shape index (κ2) is 9.15. The quantitative estimate of drug-likeness (QED) is 0.786. The molecule has 1 aliphatic carbocycles. The van der Waals surface area contributed by atoms with E-state index in [1.165, 1.54) is 19.3 Å². The van der Waals surface area contributed by atoms with Crippen LogP contribution >= 0.6 is 0 Å². The number of carbonyl (C=O) groups excluding carboxylic acids is 1. The minimum atomic E-state index is -0.596. The maximum absolute atomic E-state index is 12.7. The Kier molecular flexibility index (Phi) is 6.63. The first-order valence-corrected chi connectivity index (χ1v) is 9.80. The lowest BCUT2D eigenvalue weighted by Gasteiger charge is -2.35. The summed E-state index contributed by atoms with van der Waals surface area (Å²) in [5.41, 5.74) is 2.56. The summed E-state index contributed by atoms with van der Waals surface area (Å²) >= 11 is 0. The molecular weight excluding hydrogens is 340 g/mol. The van der Waals surface area contributed by atoms with Gasteiger partial charge >= 0.3 is 0 Å². The first kappa shape index (κ1) is 19.6. The molecule has 1 aromatic heterocycles. The van der Waals surface area contributed by atoms with Crippen molar-refractivity contribution in [3.05, 3.63) is 47.8 Å². The van der Waals surface area contributed by atoms with Crippen LogP contribution in [-0.4, -0.2) is 44.8 Å². The largest absolute Gasteiger partial charge is 0.387 e. The Morgan fingerprint density at radius 3 is 2.63 bits per heavy atom. The molecule has 1 fully saturated rings. The molecule has 1 saturated carbocycles. The molecule has 0 aliphatic heterocycles. The van der Waals surface area contributed by atoms with Crippen LogP contribution in [0.25, 0.3) is 0 Å². The van der Waals surface area contributed by atoms with E-state index in [0.717, 1.165) is 29.8 Å². The molecule has 2 aromatic rings. The fraction of sp³-hybridized carbons (Fsp3) is 0.524. The predicted molar refractivity (Wildman–Crippen MR) is 106 cm³/mol. The Hall–Kier alpha value is -2.18. The van der Waals surface area contributed by atoms with Crippen molar-refractivity contribution in [3.8, 4) is 0 Å². The molecule has 146 valence electrons. The highest BCUT2D eigenvalue weighted by Crippen LogP contribution is 2.25. The van der Waals surface area contributed by atoms with E-state index in [9.17, 15) is 9.90 Å². The summed E-state index contributed by atoms with van der Waals surface area (Å²) in [6, 6.07) is 10.0. The molecule has 0 bridgehead atoms. The second-order valence-electron chi connectivity index (χ2n) is 7.46.